The third-order valence-electron chi connectivity index (χ3n) is 4.57. The van der Waals surface area contributed by atoms with E-state index >= 15 is 0 Å². The molecule has 0 saturated heterocycles. The first-order valence-electron chi connectivity index (χ1n) is 9.19. The number of benzene rings is 2. The van der Waals surface area contributed by atoms with Gasteiger partial charge in [-0.25, -0.2) is 9.67 Å². The van der Waals surface area contributed by atoms with Gasteiger partial charge in [0.1, 0.15) is 16.5 Å². The summed E-state index contributed by atoms with van der Waals surface area (Å²) in [4.78, 5) is 19.0. The molecule has 152 valence electrons. The summed E-state index contributed by atoms with van der Waals surface area (Å²) >= 11 is 7.51. The highest BCUT2D eigenvalue weighted by molar-refractivity contribution is 7.13. The monoisotopic (exact) mass is 438 g/mol. The van der Waals surface area contributed by atoms with Crippen LogP contribution in [-0.4, -0.2) is 39.7 Å². The van der Waals surface area contributed by atoms with Crippen molar-refractivity contribution >= 4 is 28.8 Å². The van der Waals surface area contributed by atoms with Crippen molar-refractivity contribution in [3.8, 4) is 22.0 Å². The molecule has 4 rings (SSSR count). The summed E-state index contributed by atoms with van der Waals surface area (Å²) < 4.78 is 7.16. The number of nitrogens with zero attached hydrogens (tertiary/aromatic N) is 4. The van der Waals surface area contributed by atoms with Crippen LogP contribution in [0.25, 0.3) is 16.3 Å². The van der Waals surface area contributed by atoms with Gasteiger partial charge in [0.25, 0.3) is 5.91 Å². The third kappa shape index (κ3) is 4.22. The molecule has 0 atom stereocenters. The maximum Gasteiger partial charge on any atom is 0.273 e. The van der Waals surface area contributed by atoms with Gasteiger partial charge in [0, 0.05) is 41.3 Å². The van der Waals surface area contributed by atoms with Gasteiger partial charge in [-0.05, 0) is 30.3 Å². The van der Waals surface area contributed by atoms with E-state index in [-0.39, 0.29) is 5.91 Å². The average molecular weight is 439 g/mol. The first-order valence-corrected chi connectivity index (χ1v) is 10.4. The third-order valence-corrected chi connectivity index (χ3v) is 5.70. The predicted octanol–water partition coefficient (Wildman–Crippen LogP) is 4.93. The SMILES string of the molecule is COc1ccc(Cl)cc1CN(C)C(=O)c1csc(-c2cnn(-c3ccccc3)c2)n1. The molecule has 0 unspecified atom stereocenters. The van der Waals surface area contributed by atoms with Crippen LogP contribution in [0, 0.1) is 0 Å². The fourth-order valence-electron chi connectivity index (χ4n) is 3.05. The number of carbonyl (C=O) groups is 1. The van der Waals surface area contributed by atoms with Crippen LogP contribution < -0.4 is 4.74 Å². The largest absolute Gasteiger partial charge is 0.496 e. The number of hydrogen-bond acceptors (Lipinski definition) is 5. The topological polar surface area (TPSA) is 60.2 Å². The highest BCUT2D eigenvalue weighted by Crippen LogP contribution is 2.27. The molecule has 30 heavy (non-hydrogen) atoms. The summed E-state index contributed by atoms with van der Waals surface area (Å²) in [5.41, 5.74) is 3.06. The zero-order valence-corrected chi connectivity index (χ0v) is 18.0. The number of carbonyl (C=O) groups excluding carboxylic acids is 1. The van der Waals surface area contributed by atoms with Crippen molar-refractivity contribution in [1.29, 1.82) is 0 Å². The highest BCUT2D eigenvalue weighted by atomic mass is 35.5. The molecule has 0 aliphatic heterocycles. The van der Waals surface area contributed by atoms with Crippen molar-refractivity contribution in [1.82, 2.24) is 19.7 Å². The summed E-state index contributed by atoms with van der Waals surface area (Å²) in [5.74, 6) is 0.515. The highest BCUT2D eigenvalue weighted by Gasteiger charge is 2.18. The lowest BCUT2D eigenvalue weighted by molar-refractivity contribution is 0.0779. The van der Waals surface area contributed by atoms with E-state index in [9.17, 15) is 4.79 Å². The van der Waals surface area contributed by atoms with Gasteiger partial charge in [0.2, 0.25) is 0 Å². The maximum absolute atomic E-state index is 12.9. The Kier molecular flexibility index (Phi) is 5.83. The fraction of sp³-hybridized carbons (Fsp3) is 0.136. The Labute approximate surface area is 183 Å². The van der Waals surface area contributed by atoms with E-state index in [0.717, 1.165) is 21.8 Å². The molecule has 0 spiro atoms. The molecule has 0 saturated carbocycles. The van der Waals surface area contributed by atoms with Crippen molar-refractivity contribution < 1.29 is 9.53 Å². The van der Waals surface area contributed by atoms with E-state index in [4.69, 9.17) is 16.3 Å². The van der Waals surface area contributed by atoms with Crippen molar-refractivity contribution in [2.45, 2.75) is 6.54 Å². The molecule has 0 fully saturated rings. The zero-order valence-electron chi connectivity index (χ0n) is 16.4. The van der Waals surface area contributed by atoms with Gasteiger partial charge < -0.3 is 9.64 Å². The van der Waals surface area contributed by atoms with Gasteiger partial charge in [-0.1, -0.05) is 29.8 Å². The van der Waals surface area contributed by atoms with Gasteiger partial charge in [0.05, 0.1) is 19.0 Å². The van der Waals surface area contributed by atoms with Crippen LogP contribution in [0.1, 0.15) is 16.1 Å². The average Bonchev–Trinajstić information content (AvgIpc) is 3.44. The first kappa shape index (κ1) is 20.1. The normalized spacial score (nSPS) is 10.8. The minimum absolute atomic E-state index is 0.171. The van der Waals surface area contributed by atoms with Gasteiger partial charge >= 0.3 is 0 Å². The number of rotatable bonds is 6. The molecule has 0 aliphatic carbocycles. The quantitative estimate of drug-likeness (QED) is 0.428. The number of halogens is 1. The van der Waals surface area contributed by atoms with Crippen LogP contribution in [-0.2, 0) is 6.54 Å². The molecule has 0 bridgehead atoms. The Balaban J connectivity index is 1.51. The lowest BCUT2D eigenvalue weighted by atomic mass is 10.2. The summed E-state index contributed by atoms with van der Waals surface area (Å²) in [6.45, 7) is 0.362. The molecule has 0 N–H and O–H groups in total. The van der Waals surface area contributed by atoms with Crippen LogP contribution >= 0.6 is 22.9 Å². The Bertz CT molecular complexity index is 1170. The second-order valence-corrected chi connectivity index (χ2v) is 7.96. The van der Waals surface area contributed by atoms with E-state index in [0.29, 0.717) is 23.0 Å². The number of amides is 1. The molecule has 6 nitrogen and oxygen atoms in total. The van der Waals surface area contributed by atoms with Crippen molar-refractivity contribution in [2.24, 2.45) is 0 Å². The lowest BCUT2D eigenvalue weighted by Crippen LogP contribution is -2.26. The first-order chi connectivity index (χ1) is 14.5. The number of hydrogen-bond donors (Lipinski definition) is 0. The molecule has 8 heteroatoms. The smallest absolute Gasteiger partial charge is 0.273 e. The maximum atomic E-state index is 12.9. The molecule has 2 aromatic carbocycles. The predicted molar refractivity (Wildman–Crippen MR) is 118 cm³/mol. The molecular weight excluding hydrogens is 420 g/mol. The Morgan fingerprint density at radius 1 is 1.23 bits per heavy atom. The summed E-state index contributed by atoms with van der Waals surface area (Å²) in [5, 5.41) is 7.50. The molecule has 2 heterocycles. The molecule has 1 amide bonds. The molecular formula is C22H19ClN4O2S. The molecule has 0 aliphatic rings. The van der Waals surface area contributed by atoms with Gasteiger partial charge in [-0.15, -0.1) is 11.3 Å². The molecule has 2 aromatic heterocycles. The van der Waals surface area contributed by atoms with E-state index < -0.39 is 0 Å². The Morgan fingerprint density at radius 2 is 2.03 bits per heavy atom. The second-order valence-electron chi connectivity index (χ2n) is 6.66. The Hall–Kier alpha value is -3.16. The zero-order chi connectivity index (χ0) is 21.1. The van der Waals surface area contributed by atoms with Crippen molar-refractivity contribution in [3.63, 3.8) is 0 Å². The van der Waals surface area contributed by atoms with Gasteiger partial charge in [-0.3, -0.25) is 4.79 Å². The number of thiazole rings is 1. The van der Waals surface area contributed by atoms with Crippen LogP contribution in [0.5, 0.6) is 5.75 Å². The minimum Gasteiger partial charge on any atom is -0.496 e. The minimum atomic E-state index is -0.171. The number of para-hydroxylation sites is 1. The van der Waals surface area contributed by atoms with Crippen molar-refractivity contribution in [3.05, 3.63) is 82.6 Å². The van der Waals surface area contributed by atoms with Crippen LogP contribution in [0.4, 0.5) is 0 Å². The van der Waals surface area contributed by atoms with E-state index in [2.05, 4.69) is 10.1 Å². The summed E-state index contributed by atoms with van der Waals surface area (Å²) in [6, 6.07) is 15.2. The standard InChI is InChI=1S/C22H19ClN4O2S/c1-26(12-15-10-17(23)8-9-20(15)29-2)22(28)19-14-30-21(25-19)16-11-24-27(13-16)18-6-4-3-5-7-18/h3-11,13-14H,12H2,1-2H3. The summed E-state index contributed by atoms with van der Waals surface area (Å²) in [7, 11) is 3.33. The van der Waals surface area contributed by atoms with Crippen LogP contribution in [0.3, 0.4) is 0 Å². The van der Waals surface area contributed by atoms with Gasteiger partial charge in [0.15, 0.2) is 0 Å². The van der Waals surface area contributed by atoms with Crippen LogP contribution in [0.2, 0.25) is 5.02 Å². The van der Waals surface area contributed by atoms with E-state index in [1.54, 1.807) is 53.5 Å². The lowest BCUT2D eigenvalue weighted by Gasteiger charge is -2.18. The van der Waals surface area contributed by atoms with Crippen molar-refractivity contribution in [2.75, 3.05) is 14.2 Å². The fourth-order valence-corrected chi connectivity index (χ4v) is 4.02. The number of aromatic nitrogens is 3. The van der Waals surface area contributed by atoms with Gasteiger partial charge in [-0.2, -0.15) is 5.10 Å². The Morgan fingerprint density at radius 3 is 2.80 bits per heavy atom. The number of methoxy groups -OCH3 is 1. The molecule has 0 radical (unpaired) electrons. The van der Waals surface area contributed by atoms with E-state index in [1.165, 1.54) is 11.3 Å². The van der Waals surface area contributed by atoms with Crippen LogP contribution in [0.15, 0.2) is 66.3 Å². The second kappa shape index (κ2) is 8.69. The summed E-state index contributed by atoms with van der Waals surface area (Å²) in [6.07, 6.45) is 3.66. The number of ether oxygens (including phenoxy) is 1. The molecule has 4 aromatic rings. The van der Waals surface area contributed by atoms with E-state index in [1.807, 2.05) is 36.5 Å².